The lowest BCUT2D eigenvalue weighted by Crippen LogP contribution is -2.72. The minimum absolute atomic E-state index is 0. The maximum atomic E-state index is 15.0. The summed E-state index contributed by atoms with van der Waals surface area (Å²) in [4.78, 5) is 40.5. The van der Waals surface area contributed by atoms with Crippen LogP contribution in [0.25, 0.3) is 0 Å². The van der Waals surface area contributed by atoms with Crippen molar-refractivity contribution >= 4 is 18.0 Å². The number of benzene rings is 1. The minimum Gasteiger partial charge on any atom is -0.507 e. The number of carbonyl (C=O) groups is 3. The van der Waals surface area contributed by atoms with Crippen LogP contribution in [0.15, 0.2) is 35.1 Å². The zero-order valence-corrected chi connectivity index (χ0v) is 28.0. The van der Waals surface area contributed by atoms with Crippen molar-refractivity contribution in [1.82, 2.24) is 0 Å². The van der Waals surface area contributed by atoms with Crippen molar-refractivity contribution in [3.8, 4) is 17.2 Å². The largest absolute Gasteiger partial charge is 0.507 e. The molecule has 8 atom stereocenters. The van der Waals surface area contributed by atoms with E-state index in [-0.39, 0.29) is 127 Å². The van der Waals surface area contributed by atoms with Crippen LogP contribution >= 0.6 is 0 Å². The number of hydrogen-bond acceptors (Lipinski definition) is 8. The van der Waals surface area contributed by atoms with E-state index in [1.54, 1.807) is 19.1 Å². The molecular formula is C48H84O8. The van der Waals surface area contributed by atoms with Gasteiger partial charge in [0.15, 0.2) is 22.8 Å². The SMILES string of the molecule is C.C.C.C.C.C.C.C.C.C.CC(C)=CCc1c2c(c(O)c3c1O[C@]1(C)CCC4C3C1C4(C)C)C(=O)C1=CC3CC4C(C)(C)O[C@](C/C=C(/C)OC=O)(C3=O)[C@@]14O2. The topological polar surface area (TPSA) is 108 Å². The number of hydrogen-bond donors (Lipinski definition) is 1. The van der Waals surface area contributed by atoms with E-state index in [0.717, 1.165) is 29.5 Å². The van der Waals surface area contributed by atoms with Crippen LogP contribution in [-0.2, 0) is 25.5 Å². The van der Waals surface area contributed by atoms with Gasteiger partial charge >= 0.3 is 0 Å². The highest BCUT2D eigenvalue weighted by Gasteiger charge is 2.81. The number of rotatable bonds is 6. The zero-order valence-electron chi connectivity index (χ0n) is 28.0. The lowest BCUT2D eigenvalue weighted by atomic mass is 9.37. The molecule has 1 aromatic carbocycles. The van der Waals surface area contributed by atoms with Crippen LogP contribution in [0.1, 0.15) is 183 Å². The fourth-order valence-electron chi connectivity index (χ4n) is 11.3. The third-order valence-electron chi connectivity index (χ3n) is 13.1. The molecule has 8 nitrogen and oxygen atoms in total. The van der Waals surface area contributed by atoms with E-state index in [4.69, 9.17) is 18.9 Å². The standard InChI is InChI=1S/C38H44O8.10CH4/c1-18(2)9-10-21-30-26(25-22-12-13-36(8,44-30)32(25)34(22,4)5)29(41)27-28(40)23-15-20-16-24-35(6,7)46-37(33(20)42,14-11-19(3)43-17-39)38(23,24)45-31(21)27;;;;;;;;;;/h9,11,15,17,20,22,24-25,32,41H,10,12-14,16H2,1-8H3;10*1H4/b19-11-;;;;;;;;;;/t20?,22?,24?,25?,32?,36-,37-,38-;;;;;;;;;;/m1........../s1. The molecule has 324 valence electrons. The highest BCUT2D eigenvalue weighted by Crippen LogP contribution is 2.76. The molecule has 0 aromatic heterocycles. The molecule has 10 rings (SSSR count). The van der Waals surface area contributed by atoms with Crippen molar-refractivity contribution in [2.24, 2.45) is 29.1 Å². The molecule has 3 aliphatic heterocycles. The highest BCUT2D eigenvalue weighted by molar-refractivity contribution is 6.18. The normalized spacial score (nSPS) is 32.5. The summed E-state index contributed by atoms with van der Waals surface area (Å²) in [6.07, 6.45) is 8.48. The molecule has 9 aliphatic rings. The highest BCUT2D eigenvalue weighted by atomic mass is 16.6. The van der Waals surface area contributed by atoms with E-state index in [0.29, 0.717) is 48.1 Å². The molecule has 56 heavy (non-hydrogen) atoms. The van der Waals surface area contributed by atoms with Crippen LogP contribution in [0.3, 0.4) is 0 Å². The molecule has 1 aromatic rings. The summed E-state index contributed by atoms with van der Waals surface area (Å²) in [5.41, 5.74) is -0.973. The Balaban J connectivity index is -0.00000281. The first-order valence-corrected chi connectivity index (χ1v) is 16.8. The second kappa shape index (κ2) is 17.2. The molecule has 0 amide bonds. The quantitative estimate of drug-likeness (QED) is 0.172. The van der Waals surface area contributed by atoms with E-state index in [2.05, 4.69) is 26.8 Å². The van der Waals surface area contributed by atoms with Crippen LogP contribution in [0.5, 0.6) is 17.2 Å². The molecule has 4 saturated carbocycles. The second-order valence-corrected chi connectivity index (χ2v) is 16.4. The summed E-state index contributed by atoms with van der Waals surface area (Å²) in [7, 11) is 0. The van der Waals surface area contributed by atoms with Gasteiger partial charge < -0.3 is 24.1 Å². The number of ether oxygens (including phenoxy) is 4. The van der Waals surface area contributed by atoms with Crippen molar-refractivity contribution in [1.29, 1.82) is 0 Å². The van der Waals surface area contributed by atoms with Gasteiger partial charge in [0.05, 0.1) is 5.60 Å². The maximum absolute atomic E-state index is 15.0. The van der Waals surface area contributed by atoms with Gasteiger partial charge in [0.1, 0.15) is 34.2 Å². The fraction of sp³-hybridized carbons (Fsp3) is 0.688. The first-order chi connectivity index (χ1) is 21.6. The smallest absolute Gasteiger partial charge is 0.298 e. The Labute approximate surface area is 343 Å². The Kier molecular flexibility index (Phi) is 17.5. The number of phenols is 1. The maximum Gasteiger partial charge on any atom is 0.298 e. The van der Waals surface area contributed by atoms with Crippen molar-refractivity contribution in [3.05, 3.63) is 51.8 Å². The summed E-state index contributed by atoms with van der Waals surface area (Å²) in [5.74, 6) is 0.590. The van der Waals surface area contributed by atoms with Crippen LogP contribution < -0.4 is 9.47 Å². The number of fused-ring (bicyclic) bond motifs is 3. The summed E-state index contributed by atoms with van der Waals surface area (Å²) < 4.78 is 26.2. The van der Waals surface area contributed by atoms with Gasteiger partial charge in [-0.2, -0.15) is 0 Å². The van der Waals surface area contributed by atoms with Gasteiger partial charge in [0.25, 0.3) is 6.47 Å². The second-order valence-electron chi connectivity index (χ2n) is 16.4. The molecule has 8 heteroatoms. The summed E-state index contributed by atoms with van der Waals surface area (Å²) in [5, 5.41) is 12.2. The number of carbonyl (C=O) groups excluding carboxylic acids is 3. The third kappa shape index (κ3) is 6.39. The zero-order chi connectivity index (χ0) is 32.9. The van der Waals surface area contributed by atoms with Gasteiger partial charge in [-0.3, -0.25) is 14.4 Å². The summed E-state index contributed by atoms with van der Waals surface area (Å²) in [6, 6.07) is 0. The number of Topliss-reactive ketones (excluding diaryl/α,β-unsaturated/α-hetero) is 2. The third-order valence-corrected chi connectivity index (χ3v) is 13.1. The van der Waals surface area contributed by atoms with Crippen LogP contribution in [0.4, 0.5) is 0 Å². The van der Waals surface area contributed by atoms with Gasteiger partial charge in [-0.25, -0.2) is 0 Å². The average molecular weight is 789 g/mol. The van der Waals surface area contributed by atoms with Gasteiger partial charge in [-0.15, -0.1) is 0 Å². The molecule has 0 radical (unpaired) electrons. The molecule has 5 fully saturated rings. The number of phenolic OH excluding ortho intramolecular Hbond substituents is 1. The average Bonchev–Trinajstić information content (AvgIpc) is 3.12. The molecule has 1 N–H and O–H groups in total. The predicted molar refractivity (Wildman–Crippen MR) is 236 cm³/mol. The lowest BCUT2D eigenvalue weighted by Gasteiger charge is -2.70. The summed E-state index contributed by atoms with van der Waals surface area (Å²) in [6.45, 7) is 16.8. The van der Waals surface area contributed by atoms with Gasteiger partial charge in [-0.1, -0.05) is 106 Å². The van der Waals surface area contributed by atoms with Gasteiger partial charge in [-0.05, 0) is 84.6 Å². The van der Waals surface area contributed by atoms with E-state index in [1.807, 2.05) is 27.7 Å². The lowest BCUT2D eigenvalue weighted by molar-refractivity contribution is -0.214. The molecule has 8 bridgehead atoms. The first-order valence-electron chi connectivity index (χ1n) is 16.8. The Bertz CT molecular complexity index is 1740. The molecular weight excluding hydrogens is 705 g/mol. The van der Waals surface area contributed by atoms with E-state index in [9.17, 15) is 19.5 Å². The number of allylic oxidation sites excluding steroid dienone is 4. The van der Waals surface area contributed by atoms with Crippen molar-refractivity contribution in [3.63, 3.8) is 0 Å². The Morgan fingerprint density at radius 3 is 2.05 bits per heavy atom. The van der Waals surface area contributed by atoms with Crippen LogP contribution in [0, 0.1) is 29.1 Å². The fourth-order valence-corrected chi connectivity index (χ4v) is 11.3. The van der Waals surface area contributed by atoms with E-state index in [1.165, 1.54) is 0 Å². The van der Waals surface area contributed by atoms with Crippen LogP contribution in [0.2, 0.25) is 0 Å². The molecule has 5 unspecified atom stereocenters. The number of aromatic hydroxyl groups is 1. The Morgan fingerprint density at radius 2 is 1.50 bits per heavy atom. The Hall–Kier alpha value is -3.39. The van der Waals surface area contributed by atoms with Crippen molar-refractivity contribution in [2.75, 3.05) is 0 Å². The Morgan fingerprint density at radius 1 is 0.893 bits per heavy atom. The predicted octanol–water partition coefficient (Wildman–Crippen LogP) is 13.0. The molecule has 1 spiro atoms. The first kappa shape index (κ1) is 56.9. The van der Waals surface area contributed by atoms with Gasteiger partial charge in [0, 0.05) is 46.8 Å². The number of ketones is 2. The molecule has 3 heterocycles. The van der Waals surface area contributed by atoms with E-state index < -0.39 is 28.3 Å². The summed E-state index contributed by atoms with van der Waals surface area (Å²) >= 11 is 0. The van der Waals surface area contributed by atoms with Crippen molar-refractivity contribution in [2.45, 2.75) is 190 Å². The van der Waals surface area contributed by atoms with Crippen molar-refractivity contribution < 1.29 is 38.4 Å². The molecule has 6 aliphatic carbocycles. The monoisotopic (exact) mass is 789 g/mol. The minimum atomic E-state index is -1.52. The van der Waals surface area contributed by atoms with Gasteiger partial charge in [0.2, 0.25) is 0 Å². The van der Waals surface area contributed by atoms with E-state index >= 15 is 0 Å². The van der Waals surface area contributed by atoms with Crippen LogP contribution in [-0.4, -0.2) is 45.5 Å². The molecule has 1 saturated heterocycles.